The van der Waals surface area contributed by atoms with E-state index >= 15 is 0 Å². The zero-order valence-electron chi connectivity index (χ0n) is 9.60. The van der Waals surface area contributed by atoms with Crippen molar-refractivity contribution < 1.29 is 24.2 Å². The van der Waals surface area contributed by atoms with Gasteiger partial charge in [-0.15, -0.1) is 0 Å². The number of nitrogens with one attached hydrogen (secondary N) is 1. The maximum atomic E-state index is 12.8. The van der Waals surface area contributed by atoms with Gasteiger partial charge in [-0.2, -0.15) is 0 Å². The number of benzene rings is 1. The molecule has 0 amide bonds. The van der Waals surface area contributed by atoms with Gasteiger partial charge in [-0.3, -0.25) is 0 Å². The minimum atomic E-state index is -1.82. The highest BCUT2D eigenvalue weighted by atomic mass is 19.1. The number of aliphatic carboxylic acids is 2. The van der Waals surface area contributed by atoms with Crippen molar-refractivity contribution in [1.29, 1.82) is 0 Å². The van der Waals surface area contributed by atoms with E-state index in [4.69, 9.17) is 19.8 Å². The van der Waals surface area contributed by atoms with Gasteiger partial charge in [-0.1, -0.05) is 12.1 Å². The molecule has 1 aromatic carbocycles. The van der Waals surface area contributed by atoms with E-state index in [1.807, 2.05) is 6.07 Å². The minimum Gasteiger partial charge on any atom is -0.473 e. The number of carbonyl (C=O) groups is 2. The van der Waals surface area contributed by atoms with Crippen LogP contribution < -0.4 is 5.32 Å². The standard InChI is InChI=1S/C10H12FN.C2H2O4/c11-10-3-1-2-8(6-10)9-4-5-12-7-9;3-1(4)2(5)6/h1-3,6,9,12H,4-5,7H2;(H,3,4)(H,5,6). The molecule has 3 N–H and O–H groups in total. The summed E-state index contributed by atoms with van der Waals surface area (Å²) in [7, 11) is 0. The molecule has 98 valence electrons. The second-order valence-corrected chi connectivity index (χ2v) is 3.86. The Hall–Kier alpha value is -1.95. The van der Waals surface area contributed by atoms with Crippen LogP contribution in [0.25, 0.3) is 0 Å². The predicted octanol–water partition coefficient (Wildman–Crippen LogP) is 1.06. The number of halogens is 1. The van der Waals surface area contributed by atoms with Crippen LogP contribution in [0.1, 0.15) is 17.9 Å². The lowest BCUT2D eigenvalue weighted by molar-refractivity contribution is -0.159. The second-order valence-electron chi connectivity index (χ2n) is 3.86. The first-order valence-corrected chi connectivity index (χ1v) is 5.43. The van der Waals surface area contributed by atoms with Gasteiger partial charge in [0, 0.05) is 6.54 Å². The highest BCUT2D eigenvalue weighted by Gasteiger charge is 2.16. The number of hydrogen-bond donors (Lipinski definition) is 3. The second kappa shape index (κ2) is 6.70. The Kier molecular flexibility index (Phi) is 5.26. The van der Waals surface area contributed by atoms with Gasteiger partial charge in [0.1, 0.15) is 5.82 Å². The molecular formula is C12H14FNO4. The van der Waals surface area contributed by atoms with Gasteiger partial charge in [0.15, 0.2) is 0 Å². The van der Waals surface area contributed by atoms with Crippen LogP contribution in [0.5, 0.6) is 0 Å². The van der Waals surface area contributed by atoms with Gasteiger partial charge >= 0.3 is 11.9 Å². The van der Waals surface area contributed by atoms with Crippen LogP contribution in [-0.4, -0.2) is 35.2 Å². The lowest BCUT2D eigenvalue weighted by atomic mass is 9.99. The third-order valence-electron chi connectivity index (χ3n) is 2.56. The van der Waals surface area contributed by atoms with E-state index in [9.17, 15) is 4.39 Å². The Bertz CT molecular complexity index is 418. The van der Waals surface area contributed by atoms with Gasteiger partial charge in [0.05, 0.1) is 0 Å². The smallest absolute Gasteiger partial charge is 0.414 e. The van der Waals surface area contributed by atoms with Crippen LogP contribution in [-0.2, 0) is 9.59 Å². The van der Waals surface area contributed by atoms with Crippen molar-refractivity contribution in [3.63, 3.8) is 0 Å². The summed E-state index contributed by atoms with van der Waals surface area (Å²) >= 11 is 0. The summed E-state index contributed by atoms with van der Waals surface area (Å²) in [6.45, 7) is 2.05. The van der Waals surface area contributed by atoms with E-state index in [0.29, 0.717) is 5.92 Å². The molecule has 1 unspecified atom stereocenters. The topological polar surface area (TPSA) is 86.6 Å². The fourth-order valence-electron chi connectivity index (χ4n) is 1.70. The van der Waals surface area contributed by atoms with Crippen molar-refractivity contribution in [1.82, 2.24) is 5.32 Å². The fourth-order valence-corrected chi connectivity index (χ4v) is 1.70. The van der Waals surface area contributed by atoms with Crippen LogP contribution in [0, 0.1) is 5.82 Å². The molecule has 6 heteroatoms. The molecule has 1 heterocycles. The fraction of sp³-hybridized carbons (Fsp3) is 0.333. The average Bonchev–Trinajstić information content (AvgIpc) is 2.83. The van der Waals surface area contributed by atoms with Gasteiger partial charge in [0.2, 0.25) is 0 Å². The van der Waals surface area contributed by atoms with Crippen molar-refractivity contribution in [3.05, 3.63) is 35.6 Å². The zero-order valence-corrected chi connectivity index (χ0v) is 9.60. The van der Waals surface area contributed by atoms with E-state index in [1.54, 1.807) is 12.1 Å². The molecule has 0 aromatic heterocycles. The van der Waals surface area contributed by atoms with Crippen LogP contribution in [0.15, 0.2) is 24.3 Å². The third-order valence-corrected chi connectivity index (χ3v) is 2.56. The first kappa shape index (κ1) is 14.1. The Morgan fingerprint density at radius 3 is 2.39 bits per heavy atom. The Balaban J connectivity index is 0.000000232. The SMILES string of the molecule is Fc1cccc(C2CCNC2)c1.O=C(O)C(=O)O. The van der Waals surface area contributed by atoms with Crippen LogP contribution in [0.3, 0.4) is 0 Å². The molecule has 5 nitrogen and oxygen atoms in total. The molecule has 0 radical (unpaired) electrons. The largest absolute Gasteiger partial charge is 0.473 e. The number of carboxylic acids is 2. The predicted molar refractivity (Wildman–Crippen MR) is 61.9 cm³/mol. The molecule has 1 aliphatic heterocycles. The quantitative estimate of drug-likeness (QED) is 0.653. The molecule has 0 saturated carbocycles. The van der Waals surface area contributed by atoms with Crippen LogP contribution in [0.2, 0.25) is 0 Å². The van der Waals surface area contributed by atoms with Crippen molar-refractivity contribution >= 4 is 11.9 Å². The Morgan fingerprint density at radius 2 is 1.94 bits per heavy atom. The molecule has 0 bridgehead atoms. The molecule has 1 saturated heterocycles. The van der Waals surface area contributed by atoms with E-state index in [-0.39, 0.29) is 5.82 Å². The molecule has 1 aromatic rings. The van der Waals surface area contributed by atoms with Gasteiger partial charge in [-0.25, -0.2) is 14.0 Å². The van der Waals surface area contributed by atoms with E-state index in [1.165, 1.54) is 6.07 Å². The highest BCUT2D eigenvalue weighted by molar-refractivity contribution is 6.27. The van der Waals surface area contributed by atoms with Gasteiger partial charge in [-0.05, 0) is 36.6 Å². The lowest BCUT2D eigenvalue weighted by Gasteiger charge is -2.07. The number of carboxylic acid groups (broad SMARTS) is 2. The van der Waals surface area contributed by atoms with Crippen molar-refractivity contribution in [2.75, 3.05) is 13.1 Å². The van der Waals surface area contributed by atoms with Crippen molar-refractivity contribution in [3.8, 4) is 0 Å². The van der Waals surface area contributed by atoms with Gasteiger partial charge in [0.25, 0.3) is 0 Å². The lowest BCUT2D eigenvalue weighted by Crippen LogP contribution is -2.09. The summed E-state index contributed by atoms with van der Waals surface area (Å²) in [5.41, 5.74) is 1.13. The molecule has 1 atom stereocenters. The van der Waals surface area contributed by atoms with Crippen LogP contribution in [0.4, 0.5) is 4.39 Å². The zero-order chi connectivity index (χ0) is 13.5. The summed E-state index contributed by atoms with van der Waals surface area (Å²) in [4.78, 5) is 18.2. The molecule has 18 heavy (non-hydrogen) atoms. The first-order valence-electron chi connectivity index (χ1n) is 5.43. The summed E-state index contributed by atoms with van der Waals surface area (Å²) < 4.78 is 12.8. The van der Waals surface area contributed by atoms with E-state index in [0.717, 1.165) is 25.1 Å². The Morgan fingerprint density at radius 1 is 1.28 bits per heavy atom. The average molecular weight is 255 g/mol. The summed E-state index contributed by atoms with van der Waals surface area (Å²) in [6, 6.07) is 6.91. The number of hydrogen-bond acceptors (Lipinski definition) is 3. The summed E-state index contributed by atoms with van der Waals surface area (Å²) in [5.74, 6) is -3.26. The molecular weight excluding hydrogens is 241 g/mol. The molecule has 0 aliphatic carbocycles. The maximum Gasteiger partial charge on any atom is 0.414 e. The molecule has 1 fully saturated rings. The summed E-state index contributed by atoms with van der Waals surface area (Å²) in [5, 5.41) is 18.1. The monoisotopic (exact) mass is 255 g/mol. The molecule has 2 rings (SSSR count). The number of rotatable bonds is 1. The Labute approximate surface area is 103 Å². The van der Waals surface area contributed by atoms with Crippen LogP contribution >= 0.6 is 0 Å². The minimum absolute atomic E-state index is 0.126. The normalized spacial score (nSPS) is 17.7. The first-order chi connectivity index (χ1) is 8.50. The molecule has 1 aliphatic rings. The third kappa shape index (κ3) is 4.50. The van der Waals surface area contributed by atoms with E-state index in [2.05, 4.69) is 5.32 Å². The van der Waals surface area contributed by atoms with Gasteiger partial charge < -0.3 is 15.5 Å². The maximum absolute atomic E-state index is 12.8. The summed E-state index contributed by atoms with van der Waals surface area (Å²) in [6.07, 6.45) is 1.13. The highest BCUT2D eigenvalue weighted by Crippen LogP contribution is 2.22. The van der Waals surface area contributed by atoms with Crippen molar-refractivity contribution in [2.24, 2.45) is 0 Å². The molecule has 0 spiro atoms. The van der Waals surface area contributed by atoms with Crippen molar-refractivity contribution in [2.45, 2.75) is 12.3 Å². The van der Waals surface area contributed by atoms with E-state index < -0.39 is 11.9 Å².